The summed E-state index contributed by atoms with van der Waals surface area (Å²) in [5.41, 5.74) is 0. The van der Waals surface area contributed by atoms with E-state index in [1.165, 1.54) is 315 Å². The van der Waals surface area contributed by atoms with Crippen molar-refractivity contribution < 1.29 is 24.5 Å². The van der Waals surface area contributed by atoms with Gasteiger partial charge >= 0.3 is 5.97 Å². The maximum Gasteiger partial charge on any atom is 0.305 e. The van der Waals surface area contributed by atoms with E-state index in [2.05, 4.69) is 31.3 Å². The van der Waals surface area contributed by atoms with Gasteiger partial charge < -0.3 is 20.3 Å². The molecule has 2 unspecified atom stereocenters. The second-order valence-electron chi connectivity index (χ2n) is 23.9. The molecule has 0 heterocycles. The van der Waals surface area contributed by atoms with Crippen LogP contribution in [0.5, 0.6) is 0 Å². The van der Waals surface area contributed by atoms with Gasteiger partial charge in [-0.05, 0) is 51.4 Å². The van der Waals surface area contributed by atoms with Gasteiger partial charge in [-0.3, -0.25) is 9.59 Å². The number of esters is 1. The molecule has 1 amide bonds. The van der Waals surface area contributed by atoms with Gasteiger partial charge in [0.2, 0.25) is 5.91 Å². The molecular formula is C69H135NO5. The molecule has 6 nitrogen and oxygen atoms in total. The molecule has 6 heteroatoms. The number of nitrogens with one attached hydrogen (secondary N) is 1. The van der Waals surface area contributed by atoms with E-state index in [0.717, 1.165) is 44.9 Å². The summed E-state index contributed by atoms with van der Waals surface area (Å²) < 4.78 is 5.50. The first-order valence-corrected chi connectivity index (χ1v) is 34.4. The highest BCUT2D eigenvalue weighted by Gasteiger charge is 2.20. The molecule has 0 aliphatic heterocycles. The highest BCUT2D eigenvalue weighted by molar-refractivity contribution is 5.76. The zero-order valence-electron chi connectivity index (χ0n) is 51.1. The number of hydrogen-bond donors (Lipinski definition) is 3. The minimum atomic E-state index is -0.665. The van der Waals surface area contributed by atoms with Crippen LogP contribution in [0.3, 0.4) is 0 Å². The first kappa shape index (κ1) is 73.6. The van der Waals surface area contributed by atoms with E-state index >= 15 is 0 Å². The number of unbranched alkanes of at least 4 members (excludes halogenated alkanes) is 52. The Labute approximate surface area is 469 Å². The van der Waals surface area contributed by atoms with E-state index in [-0.39, 0.29) is 18.5 Å². The Kier molecular flexibility index (Phi) is 63.9. The van der Waals surface area contributed by atoms with Crippen LogP contribution < -0.4 is 5.32 Å². The number of amides is 1. The number of rotatable bonds is 65. The molecular weight excluding hydrogens is 923 g/mol. The molecule has 0 rings (SSSR count). The van der Waals surface area contributed by atoms with E-state index in [1.54, 1.807) is 0 Å². The number of ether oxygens (including phenoxy) is 1. The Hall–Kier alpha value is -1.40. The number of aliphatic hydroxyl groups is 2. The van der Waals surface area contributed by atoms with E-state index in [1.807, 2.05) is 0 Å². The molecule has 75 heavy (non-hydrogen) atoms. The number of allylic oxidation sites excluding steroid dienone is 2. The topological polar surface area (TPSA) is 95.9 Å². The molecule has 3 N–H and O–H groups in total. The van der Waals surface area contributed by atoms with Gasteiger partial charge in [-0.1, -0.05) is 341 Å². The predicted molar refractivity (Wildman–Crippen MR) is 329 cm³/mol. The summed E-state index contributed by atoms with van der Waals surface area (Å²) in [6, 6.07) is -0.542. The lowest BCUT2D eigenvalue weighted by Crippen LogP contribution is -2.45. The molecule has 0 aliphatic carbocycles. The standard InChI is InChI=1S/C69H135NO5/c1-3-5-7-9-11-13-15-17-19-21-26-30-33-37-41-45-49-53-57-61-67(72)66(65-71)70-68(73)62-58-54-50-46-42-38-34-31-27-24-22-23-25-28-32-36-40-44-48-52-56-60-64-75-69(74)63-59-55-51-47-43-39-35-29-20-18-16-14-12-10-8-6-4-2/h18,20,66-67,71-72H,3-17,19,21-65H2,1-2H3,(H,70,73)/b20-18-. The Morgan fingerprint density at radius 1 is 0.360 bits per heavy atom. The van der Waals surface area contributed by atoms with Gasteiger partial charge in [-0.2, -0.15) is 0 Å². The van der Waals surface area contributed by atoms with Crippen molar-refractivity contribution in [3.8, 4) is 0 Å². The van der Waals surface area contributed by atoms with E-state index in [4.69, 9.17) is 4.74 Å². The zero-order chi connectivity index (χ0) is 54.3. The fourth-order valence-electron chi connectivity index (χ4n) is 11.1. The number of carbonyl (C=O) groups excluding carboxylic acids is 2. The van der Waals surface area contributed by atoms with Crippen LogP contribution in [0.1, 0.15) is 393 Å². The maximum absolute atomic E-state index is 12.5. The van der Waals surface area contributed by atoms with E-state index < -0.39 is 12.1 Å². The van der Waals surface area contributed by atoms with Crippen molar-refractivity contribution in [1.29, 1.82) is 0 Å². The maximum atomic E-state index is 12.5. The lowest BCUT2D eigenvalue weighted by molar-refractivity contribution is -0.143. The Morgan fingerprint density at radius 3 is 0.947 bits per heavy atom. The van der Waals surface area contributed by atoms with Crippen LogP contribution in [-0.2, 0) is 14.3 Å². The number of aliphatic hydroxyl groups excluding tert-OH is 2. The van der Waals surface area contributed by atoms with Crippen molar-refractivity contribution in [3.05, 3.63) is 12.2 Å². The van der Waals surface area contributed by atoms with Crippen LogP contribution in [0.15, 0.2) is 12.2 Å². The summed E-state index contributed by atoms with van der Waals surface area (Å²) >= 11 is 0. The van der Waals surface area contributed by atoms with Crippen molar-refractivity contribution in [1.82, 2.24) is 5.32 Å². The minimum absolute atomic E-state index is 0.0111. The molecule has 0 aromatic carbocycles. The normalized spacial score (nSPS) is 12.5. The third-order valence-electron chi connectivity index (χ3n) is 16.3. The summed E-state index contributed by atoms with van der Waals surface area (Å²) in [6.07, 6.45) is 79.6. The monoisotopic (exact) mass is 1060 g/mol. The molecule has 2 atom stereocenters. The molecule has 0 spiro atoms. The van der Waals surface area contributed by atoms with Crippen LogP contribution in [0.2, 0.25) is 0 Å². The number of hydrogen-bond acceptors (Lipinski definition) is 5. The molecule has 0 saturated carbocycles. The van der Waals surface area contributed by atoms with Crippen molar-refractivity contribution in [3.63, 3.8) is 0 Å². The second-order valence-corrected chi connectivity index (χ2v) is 23.9. The largest absolute Gasteiger partial charge is 0.466 e. The second kappa shape index (κ2) is 65.1. The van der Waals surface area contributed by atoms with Gasteiger partial charge in [0.15, 0.2) is 0 Å². The predicted octanol–water partition coefficient (Wildman–Crippen LogP) is 22.0. The van der Waals surface area contributed by atoms with E-state index in [0.29, 0.717) is 25.9 Å². The zero-order valence-corrected chi connectivity index (χ0v) is 51.1. The molecule has 0 saturated heterocycles. The summed E-state index contributed by atoms with van der Waals surface area (Å²) in [5.74, 6) is -0.0197. The van der Waals surface area contributed by atoms with Crippen molar-refractivity contribution >= 4 is 11.9 Å². The molecule has 446 valence electrons. The summed E-state index contributed by atoms with van der Waals surface area (Å²) in [6.45, 7) is 4.99. The van der Waals surface area contributed by atoms with Crippen molar-refractivity contribution in [2.24, 2.45) is 0 Å². The lowest BCUT2D eigenvalue weighted by atomic mass is 10.0. The Bertz CT molecular complexity index is 1130. The molecule has 0 fully saturated rings. The molecule has 0 bridgehead atoms. The van der Waals surface area contributed by atoms with Crippen LogP contribution in [0, 0.1) is 0 Å². The highest BCUT2D eigenvalue weighted by atomic mass is 16.5. The smallest absolute Gasteiger partial charge is 0.305 e. The van der Waals surface area contributed by atoms with Gasteiger partial charge in [0.25, 0.3) is 0 Å². The van der Waals surface area contributed by atoms with Crippen molar-refractivity contribution in [2.45, 2.75) is 405 Å². The molecule has 0 aromatic heterocycles. The van der Waals surface area contributed by atoms with Gasteiger partial charge in [-0.25, -0.2) is 0 Å². The van der Waals surface area contributed by atoms with Crippen LogP contribution in [0.25, 0.3) is 0 Å². The highest BCUT2D eigenvalue weighted by Crippen LogP contribution is 2.19. The summed E-state index contributed by atoms with van der Waals surface area (Å²) in [4.78, 5) is 24.6. The molecule has 0 radical (unpaired) electrons. The summed E-state index contributed by atoms with van der Waals surface area (Å²) in [5, 5.41) is 23.4. The quantitative estimate of drug-likeness (QED) is 0.0320. The Morgan fingerprint density at radius 2 is 0.627 bits per heavy atom. The average molecular weight is 1060 g/mol. The average Bonchev–Trinajstić information content (AvgIpc) is 3.41. The number of carbonyl (C=O) groups is 2. The van der Waals surface area contributed by atoms with Gasteiger partial charge in [0.1, 0.15) is 0 Å². The van der Waals surface area contributed by atoms with Crippen LogP contribution >= 0.6 is 0 Å². The first-order valence-electron chi connectivity index (χ1n) is 34.4. The van der Waals surface area contributed by atoms with Crippen LogP contribution in [-0.4, -0.2) is 47.4 Å². The third-order valence-corrected chi connectivity index (χ3v) is 16.3. The SMILES string of the molecule is CCCCCCCC/C=C\CCCCCCCCCC(=O)OCCCCCCCCCCCCCCCCCCCCCCCCC(=O)NC(CO)C(O)CCCCCCCCCCCCCCCCCCCCC. The Balaban J connectivity index is 3.37. The molecule has 0 aromatic rings. The van der Waals surface area contributed by atoms with Crippen LogP contribution in [0.4, 0.5) is 0 Å². The third kappa shape index (κ3) is 61.7. The lowest BCUT2D eigenvalue weighted by Gasteiger charge is -2.22. The molecule has 0 aliphatic rings. The van der Waals surface area contributed by atoms with E-state index in [9.17, 15) is 19.8 Å². The van der Waals surface area contributed by atoms with Gasteiger partial charge in [0.05, 0.1) is 25.4 Å². The van der Waals surface area contributed by atoms with Gasteiger partial charge in [0, 0.05) is 12.8 Å². The fraction of sp³-hybridized carbons (Fsp3) is 0.942. The van der Waals surface area contributed by atoms with Crippen molar-refractivity contribution in [2.75, 3.05) is 13.2 Å². The minimum Gasteiger partial charge on any atom is -0.466 e. The first-order chi connectivity index (χ1) is 37.0. The fourth-order valence-corrected chi connectivity index (χ4v) is 11.1. The summed E-state index contributed by atoms with van der Waals surface area (Å²) in [7, 11) is 0. The van der Waals surface area contributed by atoms with Gasteiger partial charge in [-0.15, -0.1) is 0 Å².